The van der Waals surface area contributed by atoms with Crippen LogP contribution in [0.2, 0.25) is 0 Å². The van der Waals surface area contributed by atoms with E-state index in [0.29, 0.717) is 12.0 Å². The summed E-state index contributed by atoms with van der Waals surface area (Å²) in [6, 6.07) is 0.620. The molecule has 0 aromatic carbocycles. The lowest BCUT2D eigenvalue weighted by atomic mass is 10.1. The third-order valence-corrected chi connectivity index (χ3v) is 2.68. The van der Waals surface area contributed by atoms with E-state index in [1.807, 2.05) is 0 Å². The van der Waals surface area contributed by atoms with Crippen molar-refractivity contribution >= 4 is 17.6 Å². The SMILES string of the molecule is NCc1cnc(NC2CCC(=O)NC2=O)c(F)c1. The number of imide groups is 1. The van der Waals surface area contributed by atoms with Gasteiger partial charge in [-0.1, -0.05) is 0 Å². The largest absolute Gasteiger partial charge is 0.356 e. The van der Waals surface area contributed by atoms with Crippen LogP contribution in [0, 0.1) is 5.82 Å². The lowest BCUT2D eigenvalue weighted by Gasteiger charge is -2.22. The van der Waals surface area contributed by atoms with E-state index in [2.05, 4.69) is 15.6 Å². The molecule has 1 fully saturated rings. The maximum Gasteiger partial charge on any atom is 0.249 e. The molecule has 1 aromatic heterocycles. The number of amides is 2. The van der Waals surface area contributed by atoms with Crippen LogP contribution in [0.1, 0.15) is 18.4 Å². The summed E-state index contributed by atoms with van der Waals surface area (Å²) in [5.41, 5.74) is 5.93. The molecule has 1 aromatic rings. The van der Waals surface area contributed by atoms with Crippen LogP contribution in [0.25, 0.3) is 0 Å². The van der Waals surface area contributed by atoms with Crippen LogP contribution in [0.15, 0.2) is 12.3 Å². The number of aromatic nitrogens is 1. The average molecular weight is 252 g/mol. The van der Waals surface area contributed by atoms with Gasteiger partial charge >= 0.3 is 0 Å². The molecule has 1 unspecified atom stereocenters. The third-order valence-electron chi connectivity index (χ3n) is 2.68. The molecule has 1 saturated heterocycles. The Balaban J connectivity index is 2.09. The second-order valence-corrected chi connectivity index (χ2v) is 4.03. The second kappa shape index (κ2) is 5.09. The van der Waals surface area contributed by atoms with E-state index in [-0.39, 0.29) is 24.7 Å². The molecule has 96 valence electrons. The smallest absolute Gasteiger partial charge is 0.249 e. The molecule has 1 aliphatic heterocycles. The Bertz CT molecular complexity index is 492. The minimum atomic E-state index is -0.645. The number of halogens is 1. The van der Waals surface area contributed by atoms with Gasteiger partial charge in [0, 0.05) is 19.2 Å². The van der Waals surface area contributed by atoms with Gasteiger partial charge in [0.25, 0.3) is 0 Å². The summed E-state index contributed by atoms with van der Waals surface area (Å²) in [6.07, 6.45) is 1.99. The van der Waals surface area contributed by atoms with Crippen molar-refractivity contribution in [2.45, 2.75) is 25.4 Å². The first kappa shape index (κ1) is 12.4. The zero-order chi connectivity index (χ0) is 13.1. The minimum absolute atomic E-state index is 0.0123. The van der Waals surface area contributed by atoms with E-state index in [0.717, 1.165) is 0 Å². The zero-order valence-electron chi connectivity index (χ0n) is 9.57. The van der Waals surface area contributed by atoms with Gasteiger partial charge in [-0.15, -0.1) is 0 Å². The van der Waals surface area contributed by atoms with Crippen LogP contribution >= 0.6 is 0 Å². The Morgan fingerprint density at radius 1 is 1.56 bits per heavy atom. The second-order valence-electron chi connectivity index (χ2n) is 4.03. The summed E-state index contributed by atoms with van der Waals surface area (Å²) in [5.74, 6) is -1.36. The number of anilines is 1. The third kappa shape index (κ3) is 2.62. The number of hydrogen-bond acceptors (Lipinski definition) is 5. The number of rotatable bonds is 3. The lowest BCUT2D eigenvalue weighted by Crippen LogP contribution is -2.47. The van der Waals surface area contributed by atoms with Crippen molar-refractivity contribution in [2.24, 2.45) is 5.73 Å². The number of hydrogen-bond donors (Lipinski definition) is 3. The molecule has 0 aliphatic carbocycles. The van der Waals surface area contributed by atoms with E-state index in [9.17, 15) is 14.0 Å². The van der Waals surface area contributed by atoms with Gasteiger partial charge in [0.15, 0.2) is 11.6 Å². The molecule has 2 heterocycles. The number of piperidine rings is 1. The number of nitrogens with two attached hydrogens (primary N) is 1. The Hall–Kier alpha value is -2.02. The van der Waals surface area contributed by atoms with Gasteiger partial charge in [-0.25, -0.2) is 9.37 Å². The van der Waals surface area contributed by atoms with Crippen molar-refractivity contribution in [1.29, 1.82) is 0 Å². The normalized spacial score (nSPS) is 19.6. The summed E-state index contributed by atoms with van der Waals surface area (Å²) >= 11 is 0. The van der Waals surface area contributed by atoms with Gasteiger partial charge < -0.3 is 11.1 Å². The average Bonchev–Trinajstić information content (AvgIpc) is 2.34. The van der Waals surface area contributed by atoms with Gasteiger partial charge in [-0.05, 0) is 18.1 Å². The Morgan fingerprint density at radius 3 is 2.94 bits per heavy atom. The van der Waals surface area contributed by atoms with Gasteiger partial charge in [-0.3, -0.25) is 14.9 Å². The molecule has 18 heavy (non-hydrogen) atoms. The molecule has 6 nitrogen and oxygen atoms in total. The van der Waals surface area contributed by atoms with Crippen LogP contribution in [0.4, 0.5) is 10.2 Å². The maximum absolute atomic E-state index is 13.6. The van der Waals surface area contributed by atoms with Gasteiger partial charge in [-0.2, -0.15) is 0 Å². The molecule has 2 rings (SSSR count). The molecule has 0 saturated carbocycles. The van der Waals surface area contributed by atoms with Crippen LogP contribution in [-0.2, 0) is 16.1 Å². The Labute approximate surface area is 103 Å². The molecular formula is C11H13FN4O2. The monoisotopic (exact) mass is 252 g/mol. The van der Waals surface area contributed by atoms with E-state index < -0.39 is 17.8 Å². The molecule has 1 aliphatic rings. The number of nitrogens with one attached hydrogen (secondary N) is 2. The molecule has 2 amide bonds. The summed E-state index contributed by atoms with van der Waals surface area (Å²) in [5, 5.41) is 4.86. The number of pyridine rings is 1. The summed E-state index contributed by atoms with van der Waals surface area (Å²) < 4.78 is 13.6. The van der Waals surface area contributed by atoms with Crippen molar-refractivity contribution in [3.63, 3.8) is 0 Å². The highest BCUT2D eigenvalue weighted by Crippen LogP contribution is 2.16. The predicted molar refractivity (Wildman–Crippen MR) is 61.9 cm³/mol. The fraction of sp³-hybridized carbons (Fsp3) is 0.364. The topological polar surface area (TPSA) is 97.1 Å². The van der Waals surface area contributed by atoms with Crippen LogP contribution < -0.4 is 16.4 Å². The highest BCUT2D eigenvalue weighted by molar-refractivity contribution is 6.01. The number of carbonyl (C=O) groups is 2. The van der Waals surface area contributed by atoms with E-state index in [4.69, 9.17) is 5.73 Å². The van der Waals surface area contributed by atoms with Crippen molar-refractivity contribution < 1.29 is 14.0 Å². The lowest BCUT2D eigenvalue weighted by molar-refractivity contribution is -0.133. The van der Waals surface area contributed by atoms with Gasteiger partial charge in [0.2, 0.25) is 11.8 Å². The zero-order valence-corrected chi connectivity index (χ0v) is 9.57. The van der Waals surface area contributed by atoms with Crippen LogP contribution in [0.3, 0.4) is 0 Å². The molecule has 0 bridgehead atoms. The Kier molecular flexibility index (Phi) is 3.52. The Morgan fingerprint density at radius 2 is 2.33 bits per heavy atom. The first-order valence-electron chi connectivity index (χ1n) is 5.55. The van der Waals surface area contributed by atoms with Crippen molar-refractivity contribution in [2.75, 3.05) is 5.32 Å². The molecular weight excluding hydrogens is 239 g/mol. The summed E-state index contributed by atoms with van der Waals surface area (Å²) in [4.78, 5) is 26.3. The molecule has 0 radical (unpaired) electrons. The first-order valence-corrected chi connectivity index (χ1v) is 5.55. The first-order chi connectivity index (χ1) is 8.60. The quantitative estimate of drug-likeness (QED) is 0.652. The molecule has 7 heteroatoms. The number of carbonyl (C=O) groups excluding carboxylic acids is 2. The van der Waals surface area contributed by atoms with E-state index >= 15 is 0 Å². The van der Waals surface area contributed by atoms with Gasteiger partial charge in [0.1, 0.15) is 6.04 Å². The molecule has 4 N–H and O–H groups in total. The van der Waals surface area contributed by atoms with Crippen molar-refractivity contribution in [3.05, 3.63) is 23.6 Å². The fourth-order valence-corrected chi connectivity index (χ4v) is 1.69. The number of nitrogens with zero attached hydrogens (tertiary/aromatic N) is 1. The van der Waals surface area contributed by atoms with E-state index in [1.54, 1.807) is 0 Å². The maximum atomic E-state index is 13.6. The van der Waals surface area contributed by atoms with Crippen LogP contribution in [0.5, 0.6) is 0 Å². The predicted octanol–water partition coefficient (Wildman–Crippen LogP) is -0.104. The summed E-state index contributed by atoms with van der Waals surface area (Å²) in [7, 11) is 0. The van der Waals surface area contributed by atoms with E-state index in [1.165, 1.54) is 12.3 Å². The van der Waals surface area contributed by atoms with Crippen molar-refractivity contribution in [3.8, 4) is 0 Å². The highest BCUT2D eigenvalue weighted by atomic mass is 19.1. The van der Waals surface area contributed by atoms with Crippen LogP contribution in [-0.4, -0.2) is 22.8 Å². The minimum Gasteiger partial charge on any atom is -0.356 e. The standard InChI is InChI=1S/C11H13FN4O2/c12-7-3-6(4-13)5-14-10(7)15-8-1-2-9(17)16-11(8)18/h3,5,8H,1-2,4,13H2,(H,14,15)(H,16,17,18). The molecule has 0 spiro atoms. The summed E-state index contributed by atoms with van der Waals surface area (Å²) in [6.45, 7) is 0.197. The molecule has 1 atom stereocenters. The fourth-order valence-electron chi connectivity index (χ4n) is 1.69. The van der Waals surface area contributed by atoms with Gasteiger partial charge in [0.05, 0.1) is 0 Å². The van der Waals surface area contributed by atoms with Crippen molar-refractivity contribution in [1.82, 2.24) is 10.3 Å². The highest BCUT2D eigenvalue weighted by Gasteiger charge is 2.27.